The van der Waals surface area contributed by atoms with Gasteiger partial charge >= 0.3 is 0 Å². The van der Waals surface area contributed by atoms with Gasteiger partial charge in [-0.2, -0.15) is 0 Å². The molecule has 3 N–H and O–H groups in total. The normalized spacial score (nSPS) is 18.5. The smallest absolute Gasteiger partial charge is 0.242 e. The second kappa shape index (κ2) is 14.8. The van der Waals surface area contributed by atoms with E-state index in [2.05, 4.69) is 38.5 Å². The number of aromatic nitrogens is 2. The Labute approximate surface area is 263 Å². The van der Waals surface area contributed by atoms with Gasteiger partial charge in [-0.25, -0.2) is 0 Å². The molecule has 10 heteroatoms. The molecule has 0 fully saturated rings. The Hall–Kier alpha value is -3.13. The van der Waals surface area contributed by atoms with E-state index in [-0.39, 0.29) is 29.4 Å². The summed E-state index contributed by atoms with van der Waals surface area (Å²) in [7, 11) is -3.70. The lowest BCUT2D eigenvalue weighted by atomic mass is 9.97. The van der Waals surface area contributed by atoms with Crippen LogP contribution in [0.5, 0.6) is 0 Å². The fourth-order valence-electron chi connectivity index (χ4n) is 6.02. The Balaban J connectivity index is 1.32. The maximum atomic E-state index is 13.8. The Morgan fingerprint density at radius 1 is 1.14 bits per heavy atom. The highest BCUT2D eigenvalue weighted by molar-refractivity contribution is 8.05. The number of hydrogen-bond acceptors (Lipinski definition) is 5. The molecule has 0 saturated heterocycles. The molecule has 2 aromatic carbocycles. The Morgan fingerprint density at radius 3 is 2.75 bits per heavy atom. The molecule has 8 nitrogen and oxygen atoms in total. The lowest BCUT2D eigenvalue weighted by molar-refractivity contribution is -0.131. The SMILES string of the molecule is CC(C)C[C@H](CP(=O)(O)CSc1cnc2ccccc2c1)C(=O)N[C@H]1Cc2cn(c3ccccc23)CCCCCCNC1=O. The summed E-state index contributed by atoms with van der Waals surface area (Å²) in [6, 6.07) is 17.1. The summed E-state index contributed by atoms with van der Waals surface area (Å²) in [4.78, 5) is 43.6. The molecule has 4 aromatic rings. The number of benzene rings is 2. The minimum Gasteiger partial charge on any atom is -0.354 e. The van der Waals surface area contributed by atoms with Gasteiger partial charge in [-0.1, -0.05) is 63.1 Å². The summed E-state index contributed by atoms with van der Waals surface area (Å²) < 4.78 is 15.7. The van der Waals surface area contributed by atoms with Crippen LogP contribution in [0.15, 0.2) is 71.9 Å². The standard InChI is InChI=1S/C34H43N4O4PS/c1-24(2)17-27(22-43(41,42)23-44-28-18-25-11-5-7-13-30(25)36-20-28)33(39)37-31-19-26-21-38(32-14-8-6-12-29(26)32)16-10-4-3-9-15-35-34(31)40/h5-8,11-14,18,20-21,24,27,31H,3-4,9-10,15-17,19,22-23H2,1-2H3,(H,35,40)(H,37,39)(H,41,42)/t27-,31+/m1/s1. The highest BCUT2D eigenvalue weighted by Gasteiger charge is 2.32. The molecule has 2 amide bonds. The van der Waals surface area contributed by atoms with Crippen molar-refractivity contribution in [2.45, 2.75) is 69.9 Å². The first-order valence-electron chi connectivity index (χ1n) is 15.6. The third-order valence-corrected chi connectivity index (χ3v) is 11.9. The van der Waals surface area contributed by atoms with Crippen LogP contribution >= 0.6 is 19.1 Å². The van der Waals surface area contributed by atoms with E-state index in [4.69, 9.17) is 0 Å². The molecule has 0 saturated carbocycles. The maximum absolute atomic E-state index is 13.8. The zero-order chi connectivity index (χ0) is 31.1. The van der Waals surface area contributed by atoms with Crippen LogP contribution in [0.3, 0.4) is 0 Å². The van der Waals surface area contributed by atoms with Gasteiger partial charge in [0.15, 0.2) is 0 Å². The molecule has 1 unspecified atom stereocenters. The first-order valence-corrected chi connectivity index (χ1v) is 18.6. The van der Waals surface area contributed by atoms with Crippen LogP contribution in [-0.2, 0) is 27.1 Å². The van der Waals surface area contributed by atoms with Crippen LogP contribution in [0, 0.1) is 11.8 Å². The van der Waals surface area contributed by atoms with Crippen molar-refractivity contribution in [1.82, 2.24) is 20.2 Å². The molecule has 44 heavy (non-hydrogen) atoms. The summed E-state index contributed by atoms with van der Waals surface area (Å²) >= 11 is 1.28. The van der Waals surface area contributed by atoms with Crippen molar-refractivity contribution in [3.8, 4) is 0 Å². The topological polar surface area (TPSA) is 113 Å². The number of aryl methyl sites for hydroxylation is 1. The molecular weight excluding hydrogens is 591 g/mol. The van der Waals surface area contributed by atoms with Crippen LogP contribution in [0.4, 0.5) is 0 Å². The Bertz CT molecular complexity index is 1650. The molecule has 0 aliphatic carbocycles. The zero-order valence-electron chi connectivity index (χ0n) is 25.6. The van der Waals surface area contributed by atoms with E-state index in [0.29, 0.717) is 19.4 Å². The largest absolute Gasteiger partial charge is 0.354 e. The third kappa shape index (κ3) is 8.52. The van der Waals surface area contributed by atoms with E-state index in [1.54, 1.807) is 6.20 Å². The minimum atomic E-state index is -3.70. The number of hydrogen-bond donors (Lipinski definition) is 3. The van der Waals surface area contributed by atoms with Gasteiger partial charge in [0, 0.05) is 65.2 Å². The van der Waals surface area contributed by atoms with E-state index >= 15 is 0 Å². The van der Waals surface area contributed by atoms with E-state index in [0.717, 1.165) is 64.5 Å². The van der Waals surface area contributed by atoms with E-state index < -0.39 is 19.3 Å². The number of fused-ring (bicyclic) bond motifs is 6. The quantitative estimate of drug-likeness (QED) is 0.141. The fraction of sp³-hybridized carbons (Fsp3) is 0.441. The highest BCUT2D eigenvalue weighted by Crippen LogP contribution is 2.48. The number of carbonyl (C=O) groups is 2. The Morgan fingerprint density at radius 2 is 1.91 bits per heavy atom. The van der Waals surface area contributed by atoms with Gasteiger partial charge < -0.3 is 20.1 Å². The molecule has 3 heterocycles. The first kappa shape index (κ1) is 32.3. The van der Waals surface area contributed by atoms with Crippen molar-refractivity contribution in [3.63, 3.8) is 0 Å². The van der Waals surface area contributed by atoms with Gasteiger partial charge in [0.1, 0.15) is 6.04 Å². The van der Waals surface area contributed by atoms with Gasteiger partial charge in [-0.05, 0) is 48.9 Å². The van der Waals surface area contributed by atoms with Crippen molar-refractivity contribution in [1.29, 1.82) is 0 Å². The maximum Gasteiger partial charge on any atom is 0.242 e. The minimum absolute atomic E-state index is 0.0156. The number of amides is 2. The predicted octanol–water partition coefficient (Wildman–Crippen LogP) is 6.59. The summed E-state index contributed by atoms with van der Waals surface area (Å²) in [6.07, 6.45) is 8.56. The van der Waals surface area contributed by atoms with Gasteiger partial charge in [-0.15, -0.1) is 11.8 Å². The molecule has 3 atom stereocenters. The number of pyridine rings is 1. The van der Waals surface area contributed by atoms with Gasteiger partial charge in [0.2, 0.25) is 19.2 Å². The van der Waals surface area contributed by atoms with Crippen LogP contribution in [0.1, 0.15) is 51.5 Å². The molecule has 234 valence electrons. The van der Waals surface area contributed by atoms with Crippen molar-refractivity contribution in [3.05, 3.63) is 72.6 Å². The zero-order valence-corrected chi connectivity index (χ0v) is 27.3. The van der Waals surface area contributed by atoms with Crippen molar-refractivity contribution in [2.75, 3.05) is 18.2 Å². The summed E-state index contributed by atoms with van der Waals surface area (Å²) in [5.74, 6) is -1.13. The fourth-order valence-corrected chi connectivity index (χ4v) is 9.19. The monoisotopic (exact) mass is 634 g/mol. The lowest BCUT2D eigenvalue weighted by Gasteiger charge is -2.25. The summed E-state index contributed by atoms with van der Waals surface area (Å²) in [5, 5.41) is 8.09. The number of thioether (sulfide) groups is 1. The number of rotatable bonds is 9. The third-order valence-electron chi connectivity index (χ3n) is 8.18. The average Bonchev–Trinajstić information content (AvgIpc) is 3.35. The first-order chi connectivity index (χ1) is 21.2. The molecule has 1 aliphatic rings. The number of nitrogens with one attached hydrogen (secondary N) is 2. The molecule has 0 spiro atoms. The van der Waals surface area contributed by atoms with E-state index in [1.165, 1.54) is 11.8 Å². The van der Waals surface area contributed by atoms with Crippen LogP contribution in [0.2, 0.25) is 0 Å². The molecule has 2 aromatic heterocycles. The lowest BCUT2D eigenvalue weighted by Crippen LogP contribution is -2.50. The molecule has 0 radical (unpaired) electrons. The van der Waals surface area contributed by atoms with Crippen LogP contribution < -0.4 is 10.6 Å². The number of nitrogens with zero attached hydrogens (tertiary/aromatic N) is 2. The van der Waals surface area contributed by atoms with Crippen LogP contribution in [-0.4, -0.2) is 50.5 Å². The predicted molar refractivity (Wildman–Crippen MR) is 179 cm³/mol. The highest BCUT2D eigenvalue weighted by atomic mass is 32.2. The molecular formula is C34H43N4O4PS. The van der Waals surface area contributed by atoms with Crippen LogP contribution in [0.25, 0.3) is 21.8 Å². The Kier molecular flexibility index (Phi) is 10.8. The van der Waals surface area contributed by atoms with Gasteiger partial charge in [-0.3, -0.25) is 19.1 Å². The summed E-state index contributed by atoms with van der Waals surface area (Å²) in [5.41, 5.74) is 2.99. The number of carbonyl (C=O) groups excluding carboxylic acids is 2. The molecule has 5 rings (SSSR count). The second-order valence-electron chi connectivity index (χ2n) is 12.3. The second-order valence-corrected chi connectivity index (χ2v) is 16.2. The van der Waals surface area contributed by atoms with E-state index in [1.807, 2.05) is 56.3 Å². The van der Waals surface area contributed by atoms with Gasteiger partial charge in [0.05, 0.1) is 11.0 Å². The summed E-state index contributed by atoms with van der Waals surface area (Å²) in [6.45, 7) is 5.47. The number of para-hydroxylation sites is 2. The van der Waals surface area contributed by atoms with Crippen molar-refractivity contribution >= 4 is 52.8 Å². The van der Waals surface area contributed by atoms with E-state index in [9.17, 15) is 19.0 Å². The molecule has 2 bridgehead atoms. The average molecular weight is 635 g/mol. The van der Waals surface area contributed by atoms with Gasteiger partial charge in [0.25, 0.3) is 0 Å². The van der Waals surface area contributed by atoms with Crippen molar-refractivity contribution in [2.24, 2.45) is 11.8 Å². The molecule has 1 aliphatic heterocycles. The van der Waals surface area contributed by atoms with Crippen molar-refractivity contribution < 1.29 is 19.0 Å².